The third-order valence-corrected chi connectivity index (χ3v) is 0.795. The van der Waals surface area contributed by atoms with Gasteiger partial charge in [0.1, 0.15) is 0 Å². The maximum Gasteiger partial charge on any atom is 0.169 e. The fourth-order valence-electron chi connectivity index (χ4n) is 0.346. The van der Waals surface area contributed by atoms with E-state index < -0.39 is 13.3 Å². The van der Waals surface area contributed by atoms with Gasteiger partial charge in [-0.05, 0) is 6.98 Å². The van der Waals surface area contributed by atoms with Gasteiger partial charge in [0.15, 0.2) is 6.29 Å². The highest BCUT2D eigenvalue weighted by atomic mass is 16.7. The quantitative estimate of drug-likeness (QED) is 0.525. The Bertz CT molecular complexity index is 102. The standard InChI is InChI=1S/C5H13NO2/c1-6-4-5(7-2)8-3/h5-6H,4H2,1-3H3/i1D3. The predicted molar refractivity (Wildman–Crippen MR) is 31.7 cm³/mol. The van der Waals surface area contributed by atoms with Crippen LogP contribution in [-0.4, -0.2) is 34.0 Å². The van der Waals surface area contributed by atoms with Crippen molar-refractivity contribution in [3.8, 4) is 0 Å². The minimum atomic E-state index is -2.13. The lowest BCUT2D eigenvalue weighted by Crippen LogP contribution is -2.26. The summed E-state index contributed by atoms with van der Waals surface area (Å²) in [6.07, 6.45) is -0.504. The van der Waals surface area contributed by atoms with Crippen molar-refractivity contribution in [3.05, 3.63) is 0 Å². The number of methoxy groups -OCH3 is 2. The Kier molecular flexibility index (Phi) is 2.40. The summed E-state index contributed by atoms with van der Waals surface area (Å²) < 4.78 is 29.9. The highest BCUT2D eigenvalue weighted by molar-refractivity contribution is 4.42. The molecule has 0 unspecified atom stereocenters. The van der Waals surface area contributed by atoms with Gasteiger partial charge in [0.25, 0.3) is 0 Å². The fraction of sp³-hybridized carbons (Fsp3) is 1.00. The summed E-state index contributed by atoms with van der Waals surface area (Å²) in [5.74, 6) is 0. The molecule has 0 aromatic heterocycles. The Morgan fingerprint density at radius 2 is 2.25 bits per heavy atom. The topological polar surface area (TPSA) is 30.5 Å². The average molecular weight is 122 g/mol. The summed E-state index contributed by atoms with van der Waals surface area (Å²) in [6.45, 7) is -1.97. The van der Waals surface area contributed by atoms with E-state index in [1.165, 1.54) is 14.2 Å². The van der Waals surface area contributed by atoms with Crippen LogP contribution in [0, 0.1) is 0 Å². The Balaban J connectivity index is 3.51. The first-order valence-electron chi connectivity index (χ1n) is 3.80. The summed E-state index contributed by atoms with van der Waals surface area (Å²) in [5, 5.41) is 2.27. The largest absolute Gasteiger partial charge is 0.355 e. The van der Waals surface area contributed by atoms with Crippen molar-refractivity contribution in [2.24, 2.45) is 0 Å². The number of ether oxygens (including phenoxy) is 2. The van der Waals surface area contributed by atoms with Gasteiger partial charge in [-0.25, -0.2) is 0 Å². The Morgan fingerprint density at radius 3 is 2.62 bits per heavy atom. The lowest BCUT2D eigenvalue weighted by molar-refractivity contribution is -0.0978. The summed E-state index contributed by atoms with van der Waals surface area (Å²) in [5.41, 5.74) is 0. The lowest BCUT2D eigenvalue weighted by Gasteiger charge is -2.11. The van der Waals surface area contributed by atoms with E-state index in [1.807, 2.05) is 0 Å². The first-order chi connectivity index (χ1) is 4.99. The number of nitrogens with one attached hydrogen (secondary N) is 1. The Morgan fingerprint density at radius 1 is 1.62 bits per heavy atom. The zero-order valence-corrected chi connectivity index (χ0v) is 5.10. The molecule has 0 amide bonds. The zero-order valence-electron chi connectivity index (χ0n) is 8.10. The van der Waals surface area contributed by atoms with Crippen LogP contribution in [0.2, 0.25) is 0 Å². The second kappa shape index (κ2) is 5.03. The van der Waals surface area contributed by atoms with Crippen molar-refractivity contribution in [2.45, 2.75) is 6.29 Å². The van der Waals surface area contributed by atoms with Crippen LogP contribution in [0.5, 0.6) is 0 Å². The summed E-state index contributed by atoms with van der Waals surface area (Å²) in [4.78, 5) is 0. The van der Waals surface area contributed by atoms with Crippen LogP contribution in [0.15, 0.2) is 0 Å². The van der Waals surface area contributed by atoms with Crippen molar-refractivity contribution in [3.63, 3.8) is 0 Å². The average Bonchev–Trinajstić information content (AvgIpc) is 1.88. The molecule has 0 aliphatic rings. The molecule has 3 nitrogen and oxygen atoms in total. The second-order valence-electron chi connectivity index (χ2n) is 1.28. The SMILES string of the molecule is [2H]C([2H])([2H])NCC(OC)OC. The molecule has 0 bridgehead atoms. The van der Waals surface area contributed by atoms with E-state index in [9.17, 15) is 0 Å². The van der Waals surface area contributed by atoms with E-state index in [4.69, 9.17) is 13.6 Å². The van der Waals surface area contributed by atoms with Crippen LogP contribution in [0.1, 0.15) is 4.11 Å². The van der Waals surface area contributed by atoms with Crippen LogP contribution in [0.4, 0.5) is 0 Å². The molecule has 0 aromatic carbocycles. The molecular weight excluding hydrogens is 106 g/mol. The second-order valence-corrected chi connectivity index (χ2v) is 1.28. The van der Waals surface area contributed by atoms with Crippen molar-refractivity contribution in [1.29, 1.82) is 0 Å². The summed E-state index contributed by atoms with van der Waals surface area (Å²) in [6, 6.07) is 0. The zero-order chi connectivity index (χ0) is 8.91. The Labute approximate surface area is 54.2 Å². The molecule has 0 heterocycles. The first kappa shape index (κ1) is 3.82. The van der Waals surface area contributed by atoms with Gasteiger partial charge in [-0.3, -0.25) is 0 Å². The maximum atomic E-state index is 6.79. The molecule has 8 heavy (non-hydrogen) atoms. The van der Waals surface area contributed by atoms with Gasteiger partial charge < -0.3 is 14.8 Å². The Hall–Kier alpha value is -0.120. The number of rotatable bonds is 4. The van der Waals surface area contributed by atoms with Crippen LogP contribution in [-0.2, 0) is 9.47 Å². The van der Waals surface area contributed by atoms with Gasteiger partial charge >= 0.3 is 0 Å². The van der Waals surface area contributed by atoms with Crippen molar-refractivity contribution in [1.82, 2.24) is 5.32 Å². The maximum absolute atomic E-state index is 6.79. The molecule has 0 spiro atoms. The van der Waals surface area contributed by atoms with Gasteiger partial charge in [0.05, 0.1) is 0 Å². The lowest BCUT2D eigenvalue weighted by atomic mass is 10.6. The molecule has 0 radical (unpaired) electrons. The molecule has 0 saturated heterocycles. The smallest absolute Gasteiger partial charge is 0.169 e. The van der Waals surface area contributed by atoms with E-state index in [1.54, 1.807) is 0 Å². The summed E-state index contributed by atoms with van der Waals surface area (Å²) in [7, 11) is 2.91. The highest BCUT2D eigenvalue weighted by Gasteiger charge is 1.99. The fourth-order valence-corrected chi connectivity index (χ4v) is 0.346. The molecule has 3 heteroatoms. The normalized spacial score (nSPS) is 17.6. The van der Waals surface area contributed by atoms with E-state index in [0.717, 1.165) is 0 Å². The third kappa shape index (κ3) is 2.96. The van der Waals surface area contributed by atoms with Gasteiger partial charge in [-0.15, -0.1) is 0 Å². The van der Waals surface area contributed by atoms with E-state index in [0.29, 0.717) is 0 Å². The van der Waals surface area contributed by atoms with Gasteiger partial charge in [0, 0.05) is 24.9 Å². The number of likely N-dealkylation sites (N-methyl/N-ethyl adjacent to an activating group) is 1. The minimum Gasteiger partial charge on any atom is -0.355 e. The van der Waals surface area contributed by atoms with Gasteiger partial charge in [0.2, 0.25) is 0 Å². The highest BCUT2D eigenvalue weighted by Crippen LogP contribution is 1.85. The van der Waals surface area contributed by atoms with Gasteiger partial charge in [-0.1, -0.05) is 0 Å². The first-order valence-corrected chi connectivity index (χ1v) is 2.30. The van der Waals surface area contributed by atoms with Crippen LogP contribution in [0.25, 0.3) is 0 Å². The number of hydrogen-bond acceptors (Lipinski definition) is 3. The van der Waals surface area contributed by atoms with Crippen molar-refractivity contribution >= 4 is 0 Å². The van der Waals surface area contributed by atoms with Crippen molar-refractivity contribution in [2.75, 3.05) is 27.7 Å². The van der Waals surface area contributed by atoms with E-state index in [-0.39, 0.29) is 6.54 Å². The molecule has 0 aromatic rings. The van der Waals surface area contributed by atoms with Crippen molar-refractivity contribution < 1.29 is 13.6 Å². The van der Waals surface area contributed by atoms with E-state index in [2.05, 4.69) is 5.32 Å². The molecule has 0 atom stereocenters. The molecule has 0 aliphatic carbocycles. The molecule has 0 saturated carbocycles. The van der Waals surface area contributed by atoms with Crippen LogP contribution < -0.4 is 5.32 Å². The molecule has 50 valence electrons. The molecule has 0 rings (SSSR count). The molecule has 0 fully saturated rings. The van der Waals surface area contributed by atoms with E-state index >= 15 is 0 Å². The monoisotopic (exact) mass is 122 g/mol. The summed E-state index contributed by atoms with van der Waals surface area (Å²) >= 11 is 0. The minimum absolute atomic E-state index is 0.156. The van der Waals surface area contributed by atoms with Crippen LogP contribution in [0.3, 0.4) is 0 Å². The van der Waals surface area contributed by atoms with Crippen LogP contribution >= 0.6 is 0 Å². The van der Waals surface area contributed by atoms with Gasteiger partial charge in [-0.2, -0.15) is 0 Å². The molecular formula is C5H13NO2. The number of hydrogen-bond donors (Lipinski definition) is 1. The third-order valence-electron chi connectivity index (χ3n) is 0.795. The molecule has 0 aliphatic heterocycles. The molecule has 1 N–H and O–H groups in total. The predicted octanol–water partition coefficient (Wildman–Crippen LogP) is -0.175.